The van der Waals surface area contributed by atoms with E-state index in [1.807, 2.05) is 13.8 Å². The molecule has 0 amide bonds. The van der Waals surface area contributed by atoms with Gasteiger partial charge in [-0.15, -0.1) is 0 Å². The van der Waals surface area contributed by atoms with E-state index in [9.17, 15) is 0 Å². The summed E-state index contributed by atoms with van der Waals surface area (Å²) in [6, 6.07) is 0. The molecule has 0 bridgehead atoms. The van der Waals surface area contributed by atoms with Crippen LogP contribution in [-0.2, 0) is 4.74 Å². The SMILES string of the molecule is CCOCC(C)Oc1ncncc1C(N)=NO. The van der Waals surface area contributed by atoms with Crippen LogP contribution in [0.1, 0.15) is 19.4 Å². The average molecular weight is 240 g/mol. The summed E-state index contributed by atoms with van der Waals surface area (Å²) >= 11 is 0. The lowest BCUT2D eigenvalue weighted by molar-refractivity contribution is 0.0631. The molecule has 1 aromatic rings. The summed E-state index contributed by atoms with van der Waals surface area (Å²) in [4.78, 5) is 7.72. The van der Waals surface area contributed by atoms with Crippen molar-refractivity contribution in [2.24, 2.45) is 10.9 Å². The highest BCUT2D eigenvalue weighted by Gasteiger charge is 2.13. The molecule has 1 rings (SSSR count). The second-order valence-corrected chi connectivity index (χ2v) is 3.31. The Bertz CT molecular complexity index is 384. The second-order valence-electron chi connectivity index (χ2n) is 3.31. The predicted octanol–water partition coefficient (Wildman–Crippen LogP) is 0.375. The Hall–Kier alpha value is -1.89. The van der Waals surface area contributed by atoms with Gasteiger partial charge in [-0.3, -0.25) is 0 Å². The summed E-state index contributed by atoms with van der Waals surface area (Å²) in [7, 11) is 0. The van der Waals surface area contributed by atoms with Gasteiger partial charge in [-0.25, -0.2) is 9.97 Å². The minimum Gasteiger partial charge on any atom is -0.472 e. The summed E-state index contributed by atoms with van der Waals surface area (Å²) < 4.78 is 10.7. The molecule has 17 heavy (non-hydrogen) atoms. The highest BCUT2D eigenvalue weighted by molar-refractivity contribution is 5.98. The van der Waals surface area contributed by atoms with Crippen LogP contribution in [0.3, 0.4) is 0 Å². The van der Waals surface area contributed by atoms with E-state index in [-0.39, 0.29) is 17.8 Å². The normalized spacial score (nSPS) is 13.4. The average Bonchev–Trinajstić information content (AvgIpc) is 2.36. The van der Waals surface area contributed by atoms with Crippen molar-refractivity contribution in [2.75, 3.05) is 13.2 Å². The number of ether oxygens (including phenoxy) is 2. The van der Waals surface area contributed by atoms with E-state index in [2.05, 4.69) is 15.1 Å². The minimum atomic E-state index is -0.185. The number of nitrogens with zero attached hydrogens (tertiary/aromatic N) is 3. The number of rotatable bonds is 6. The molecule has 0 aromatic carbocycles. The topological polar surface area (TPSA) is 103 Å². The van der Waals surface area contributed by atoms with Gasteiger partial charge in [0.1, 0.15) is 18.0 Å². The van der Waals surface area contributed by atoms with Crippen LogP contribution < -0.4 is 10.5 Å². The molecule has 0 saturated heterocycles. The molecule has 1 unspecified atom stereocenters. The maximum Gasteiger partial charge on any atom is 0.228 e. The number of hydrogen-bond donors (Lipinski definition) is 2. The monoisotopic (exact) mass is 240 g/mol. The highest BCUT2D eigenvalue weighted by Crippen LogP contribution is 2.14. The molecule has 3 N–H and O–H groups in total. The van der Waals surface area contributed by atoms with E-state index < -0.39 is 0 Å². The van der Waals surface area contributed by atoms with E-state index >= 15 is 0 Å². The zero-order valence-corrected chi connectivity index (χ0v) is 9.83. The third kappa shape index (κ3) is 3.87. The third-order valence-corrected chi connectivity index (χ3v) is 1.93. The second kappa shape index (κ2) is 6.64. The molecule has 0 aliphatic heterocycles. The van der Waals surface area contributed by atoms with Crippen LogP contribution in [0.25, 0.3) is 0 Å². The summed E-state index contributed by atoms with van der Waals surface area (Å²) in [5.74, 6) is 0.173. The van der Waals surface area contributed by atoms with Gasteiger partial charge in [-0.2, -0.15) is 0 Å². The lowest BCUT2D eigenvalue weighted by Gasteiger charge is -2.15. The van der Waals surface area contributed by atoms with Crippen molar-refractivity contribution in [1.29, 1.82) is 0 Å². The van der Waals surface area contributed by atoms with Crippen molar-refractivity contribution >= 4 is 5.84 Å². The number of oxime groups is 1. The predicted molar refractivity (Wildman–Crippen MR) is 61.1 cm³/mol. The first-order valence-electron chi connectivity index (χ1n) is 5.21. The van der Waals surface area contributed by atoms with E-state index in [1.165, 1.54) is 12.5 Å². The number of aromatic nitrogens is 2. The molecule has 0 saturated carbocycles. The lowest BCUT2D eigenvalue weighted by atomic mass is 10.3. The van der Waals surface area contributed by atoms with E-state index in [0.717, 1.165) is 0 Å². The van der Waals surface area contributed by atoms with Crippen LogP contribution in [0.5, 0.6) is 5.88 Å². The quantitative estimate of drug-likeness (QED) is 0.322. The van der Waals surface area contributed by atoms with Crippen LogP contribution in [0, 0.1) is 0 Å². The third-order valence-electron chi connectivity index (χ3n) is 1.93. The molecule has 0 aliphatic carbocycles. The van der Waals surface area contributed by atoms with Crippen molar-refractivity contribution in [3.05, 3.63) is 18.1 Å². The minimum absolute atomic E-state index is 0.0933. The first-order valence-corrected chi connectivity index (χ1v) is 5.21. The van der Waals surface area contributed by atoms with Gasteiger partial charge in [-0.1, -0.05) is 5.16 Å². The molecule has 94 valence electrons. The Labute approximate surface area is 99.3 Å². The zero-order valence-electron chi connectivity index (χ0n) is 9.83. The molecule has 0 aliphatic rings. The van der Waals surface area contributed by atoms with Crippen LogP contribution in [0.15, 0.2) is 17.7 Å². The molecule has 1 heterocycles. The van der Waals surface area contributed by atoms with Gasteiger partial charge in [-0.05, 0) is 13.8 Å². The summed E-state index contributed by atoms with van der Waals surface area (Å²) in [6.07, 6.45) is 2.57. The number of amidine groups is 1. The van der Waals surface area contributed by atoms with Gasteiger partial charge in [0, 0.05) is 12.8 Å². The smallest absolute Gasteiger partial charge is 0.228 e. The van der Waals surface area contributed by atoms with Crippen molar-refractivity contribution in [3.8, 4) is 5.88 Å². The standard InChI is InChI=1S/C10H16N4O3/c1-3-16-5-7(2)17-10-8(9(11)14-15)4-12-6-13-10/h4,6-7,15H,3,5H2,1-2H3,(H2,11,14). The van der Waals surface area contributed by atoms with Crippen LogP contribution >= 0.6 is 0 Å². The molecule has 0 fully saturated rings. The molecule has 0 spiro atoms. The Morgan fingerprint density at radius 2 is 2.41 bits per heavy atom. The van der Waals surface area contributed by atoms with Crippen LogP contribution in [-0.4, -0.2) is 40.3 Å². The van der Waals surface area contributed by atoms with Gasteiger partial charge >= 0.3 is 0 Å². The van der Waals surface area contributed by atoms with E-state index in [0.29, 0.717) is 18.8 Å². The Kier molecular flexibility index (Phi) is 5.15. The Morgan fingerprint density at radius 3 is 3.06 bits per heavy atom. The maximum absolute atomic E-state index is 8.62. The molecule has 1 atom stereocenters. The molecule has 0 radical (unpaired) electrons. The highest BCUT2D eigenvalue weighted by atomic mass is 16.5. The molecular formula is C10H16N4O3. The first kappa shape index (κ1) is 13.2. The fourth-order valence-electron chi connectivity index (χ4n) is 1.15. The summed E-state index contributed by atoms with van der Waals surface area (Å²) in [5.41, 5.74) is 5.83. The van der Waals surface area contributed by atoms with Crippen molar-refractivity contribution in [2.45, 2.75) is 20.0 Å². The number of nitrogens with two attached hydrogens (primary N) is 1. The van der Waals surface area contributed by atoms with Gasteiger partial charge in [0.2, 0.25) is 5.88 Å². The maximum atomic E-state index is 8.62. The van der Waals surface area contributed by atoms with Crippen molar-refractivity contribution in [1.82, 2.24) is 9.97 Å². The van der Waals surface area contributed by atoms with Gasteiger partial charge < -0.3 is 20.4 Å². The molecule has 7 nitrogen and oxygen atoms in total. The molecule has 7 heteroatoms. The van der Waals surface area contributed by atoms with Crippen LogP contribution in [0.4, 0.5) is 0 Å². The van der Waals surface area contributed by atoms with Crippen molar-refractivity contribution in [3.63, 3.8) is 0 Å². The van der Waals surface area contributed by atoms with Crippen molar-refractivity contribution < 1.29 is 14.7 Å². The summed E-state index contributed by atoms with van der Waals surface area (Å²) in [5, 5.41) is 11.5. The van der Waals surface area contributed by atoms with E-state index in [1.54, 1.807) is 0 Å². The largest absolute Gasteiger partial charge is 0.472 e. The van der Waals surface area contributed by atoms with E-state index in [4.69, 9.17) is 20.4 Å². The van der Waals surface area contributed by atoms with Crippen LogP contribution in [0.2, 0.25) is 0 Å². The molecule has 1 aromatic heterocycles. The first-order chi connectivity index (χ1) is 8.19. The lowest BCUT2D eigenvalue weighted by Crippen LogP contribution is -2.23. The molecular weight excluding hydrogens is 224 g/mol. The Balaban J connectivity index is 2.76. The Morgan fingerprint density at radius 1 is 1.65 bits per heavy atom. The van der Waals surface area contributed by atoms with Gasteiger partial charge in [0.25, 0.3) is 0 Å². The number of hydrogen-bond acceptors (Lipinski definition) is 6. The fraction of sp³-hybridized carbons (Fsp3) is 0.500. The fourth-order valence-corrected chi connectivity index (χ4v) is 1.15. The van der Waals surface area contributed by atoms with Gasteiger partial charge in [0.05, 0.1) is 6.61 Å². The zero-order chi connectivity index (χ0) is 12.7. The summed E-state index contributed by atoms with van der Waals surface area (Å²) in [6.45, 7) is 4.80. The van der Waals surface area contributed by atoms with Gasteiger partial charge in [0.15, 0.2) is 5.84 Å².